The van der Waals surface area contributed by atoms with E-state index >= 15 is 0 Å². The van der Waals surface area contributed by atoms with Crippen LogP contribution in [0.15, 0.2) is 83.1 Å². The van der Waals surface area contributed by atoms with Crippen molar-refractivity contribution in [2.75, 3.05) is 59.6 Å². The van der Waals surface area contributed by atoms with Crippen LogP contribution in [0.4, 0.5) is 59.2 Å². The third-order valence-electron chi connectivity index (χ3n) is 9.79. The van der Waals surface area contributed by atoms with Gasteiger partial charge in [0.25, 0.3) is 5.91 Å². The quantitative estimate of drug-likeness (QED) is 0.0457. The van der Waals surface area contributed by atoms with Gasteiger partial charge in [-0.2, -0.15) is 26.3 Å². The lowest BCUT2D eigenvalue weighted by Crippen LogP contribution is -2.20. The molecule has 6 rings (SSSR count). The van der Waals surface area contributed by atoms with E-state index in [-0.39, 0.29) is 57.1 Å². The number of alkyl halides is 6. The normalized spacial score (nSPS) is 11.4. The number of aromatic carboxylic acids is 1. The Morgan fingerprint density at radius 3 is 1.23 bits per heavy atom. The number of nitrogen functional groups attached to an aromatic ring is 1. The summed E-state index contributed by atoms with van der Waals surface area (Å²) in [5.74, 6) is -4.59. The smallest absolute Gasteiger partial charge is 0.416 e. The summed E-state index contributed by atoms with van der Waals surface area (Å²) in [7, 11) is -1.91. The van der Waals surface area contributed by atoms with Crippen molar-refractivity contribution in [2.24, 2.45) is 28.2 Å². The minimum atomic E-state index is -4.61. The first kappa shape index (κ1) is 62.5. The van der Waals surface area contributed by atoms with Crippen molar-refractivity contribution in [3.63, 3.8) is 0 Å². The van der Waals surface area contributed by atoms with Crippen molar-refractivity contribution in [3.8, 4) is 0 Å². The molecule has 0 saturated heterocycles. The number of amides is 3. The number of esters is 2. The van der Waals surface area contributed by atoms with E-state index in [0.717, 1.165) is 28.8 Å². The Bertz CT molecular complexity index is 3390. The number of imidazole rings is 4. The summed E-state index contributed by atoms with van der Waals surface area (Å²) in [6.45, 7) is 2.69. The number of aryl methyl sites for hydroxylation is 4. The minimum Gasteiger partial charge on any atom is -0.475 e. The second-order valence-electron chi connectivity index (χ2n) is 15.7. The van der Waals surface area contributed by atoms with Gasteiger partial charge in [0.2, 0.25) is 23.3 Å². The maximum atomic E-state index is 12.7. The van der Waals surface area contributed by atoms with E-state index in [0.29, 0.717) is 36.7 Å². The van der Waals surface area contributed by atoms with Crippen LogP contribution in [-0.2, 0) is 79.2 Å². The van der Waals surface area contributed by atoms with Crippen molar-refractivity contribution < 1.29 is 96.0 Å². The molecule has 0 spiro atoms. The molecule has 2 aromatic carbocycles. The molecule has 0 saturated carbocycles. The zero-order chi connectivity index (χ0) is 59.2. The summed E-state index contributed by atoms with van der Waals surface area (Å²) in [6.07, 6.45) is -5.89. The molecule has 79 heavy (non-hydrogen) atoms. The average Bonchev–Trinajstić information content (AvgIpc) is 4.12. The summed E-state index contributed by atoms with van der Waals surface area (Å²) in [6, 6.07) is 5.84. The van der Waals surface area contributed by atoms with Crippen LogP contribution in [0.25, 0.3) is 0 Å². The molecule has 0 fully saturated rings. The van der Waals surface area contributed by atoms with E-state index in [9.17, 15) is 71.9 Å². The van der Waals surface area contributed by atoms with Gasteiger partial charge in [0.15, 0.2) is 37.1 Å². The fourth-order valence-corrected chi connectivity index (χ4v) is 8.31. The third kappa shape index (κ3) is 18.0. The zero-order valence-electron chi connectivity index (χ0n) is 42.1. The average molecular weight is 1160 g/mol. The van der Waals surface area contributed by atoms with Crippen LogP contribution in [0.5, 0.6) is 0 Å². The molecule has 0 atom stereocenters. The molecule has 35 heteroatoms. The van der Waals surface area contributed by atoms with Crippen molar-refractivity contribution in [1.82, 2.24) is 38.2 Å². The van der Waals surface area contributed by atoms with Gasteiger partial charge in [-0.1, -0.05) is 0 Å². The number of hydrogen-bond donors (Lipinski definition) is 5. The number of nitrogens with two attached hydrogens (primary N) is 1. The highest BCUT2D eigenvalue weighted by Gasteiger charge is 2.32. The Morgan fingerprint density at radius 1 is 0.532 bits per heavy atom. The summed E-state index contributed by atoms with van der Waals surface area (Å²) < 4.78 is 149. The van der Waals surface area contributed by atoms with Crippen molar-refractivity contribution in [1.29, 1.82) is 0 Å². The van der Waals surface area contributed by atoms with Crippen LogP contribution < -0.4 is 21.7 Å². The summed E-state index contributed by atoms with van der Waals surface area (Å²) in [4.78, 5) is 84.9. The Kier molecular flexibility index (Phi) is 20.9. The van der Waals surface area contributed by atoms with Gasteiger partial charge in [-0.3, -0.25) is 15.4 Å². The summed E-state index contributed by atoms with van der Waals surface area (Å²) in [5.41, 5.74) is 3.39. The topological polar surface area (TPSA) is 361 Å². The molecule has 4 aromatic heterocycles. The fraction of sp³-hybridized carbons (Fsp3) is 0.318. The van der Waals surface area contributed by atoms with E-state index in [1.165, 1.54) is 53.4 Å². The number of carboxylic acids is 1. The highest BCUT2D eigenvalue weighted by Crippen LogP contribution is 2.31. The number of carboxylic acid groups (broad SMARTS) is 1. The number of halogens is 6. The molecule has 0 radical (unpaired) electrons. The number of ether oxygens (including phenoxy) is 4. The van der Waals surface area contributed by atoms with Gasteiger partial charge in [0.1, 0.15) is 19.0 Å². The molecule has 0 aliphatic carbocycles. The van der Waals surface area contributed by atoms with Crippen molar-refractivity contribution >= 4 is 78.9 Å². The molecule has 27 nitrogen and oxygen atoms in total. The molecule has 0 aliphatic rings. The van der Waals surface area contributed by atoms with Gasteiger partial charge in [0.05, 0.1) is 45.6 Å². The monoisotopic (exact) mass is 1160 g/mol. The van der Waals surface area contributed by atoms with Gasteiger partial charge >= 0.3 is 42.4 Å². The molecule has 6 aromatic rings. The standard InChI is InChI=1S/C22H23F3N6O7S.C15H14F3N3O6S.C7H11N3O2/c1-4-37-20(33)18-27-15(11-31(18)3)28-19(32)17-26-16(12-30(17)2)29-21(34)38-9-10-39(35,36)14-7-5-13(6-8-14)22(23,24)25;1-21-8-11(19-12(21)13(22)23)20-14(24)27-6-7-28(25,26)10-4-2-9(3-5-10)15(16,17)18;1-3-12-7(11)6-9-5(8)4-10(6)2/h5-8,11-12H,4,9-10H2,1-3H3,(H,28,32)(H,29,34);2-5,8H,6-7H2,1H3,(H,20,24)(H,22,23);4H,3,8H2,1-2H3. The first-order valence-corrected chi connectivity index (χ1v) is 25.5. The molecule has 0 aliphatic heterocycles. The van der Waals surface area contributed by atoms with E-state index in [1.54, 1.807) is 27.1 Å². The Hall–Kier alpha value is -9.02. The SMILES string of the molecule is CCOC(=O)c1nc(N)cn1C.CCOC(=O)c1nc(NC(=O)c2nc(NC(=O)OCCS(=O)(=O)c3ccc(C(F)(F)F)cc3)cn2C)cn1C.Cn1cc(NC(=O)OCCS(=O)(=O)c2ccc(C(F)(F)F)cc2)nc1C(=O)O. The predicted molar refractivity (Wildman–Crippen MR) is 261 cm³/mol. The molecule has 0 unspecified atom stereocenters. The molecular formula is C44H48F6N12O15S2. The number of aromatic nitrogens is 8. The van der Waals surface area contributed by atoms with Gasteiger partial charge < -0.3 is 53.4 Å². The second kappa shape index (κ2) is 26.4. The van der Waals surface area contributed by atoms with Crippen LogP contribution in [0.3, 0.4) is 0 Å². The first-order chi connectivity index (χ1) is 36.8. The van der Waals surface area contributed by atoms with Crippen LogP contribution in [0.2, 0.25) is 0 Å². The molecule has 4 heterocycles. The number of nitrogens with zero attached hydrogens (tertiary/aromatic N) is 8. The minimum absolute atomic E-state index is 0.0302. The van der Waals surface area contributed by atoms with E-state index < -0.39 is 104 Å². The van der Waals surface area contributed by atoms with Crippen molar-refractivity contribution in [2.45, 2.75) is 36.0 Å². The van der Waals surface area contributed by atoms with Gasteiger partial charge in [-0.25, -0.2) is 60.7 Å². The first-order valence-electron chi connectivity index (χ1n) is 22.2. The zero-order valence-corrected chi connectivity index (χ0v) is 43.7. The number of carbonyl (C=O) groups excluding carboxylic acids is 5. The second-order valence-corrected chi connectivity index (χ2v) is 19.9. The van der Waals surface area contributed by atoms with E-state index in [2.05, 4.69) is 40.6 Å². The molecule has 6 N–H and O–H groups in total. The van der Waals surface area contributed by atoms with Crippen molar-refractivity contribution in [3.05, 3.63) is 108 Å². The summed E-state index contributed by atoms with van der Waals surface area (Å²) >= 11 is 0. The maximum Gasteiger partial charge on any atom is 0.416 e. The number of anilines is 4. The predicted octanol–water partition coefficient (Wildman–Crippen LogP) is 4.96. The van der Waals surface area contributed by atoms with Crippen LogP contribution in [-0.4, -0.2) is 134 Å². The van der Waals surface area contributed by atoms with E-state index in [4.69, 9.17) is 25.1 Å². The number of carbonyl (C=O) groups is 6. The van der Waals surface area contributed by atoms with Crippen LogP contribution >= 0.6 is 0 Å². The third-order valence-corrected chi connectivity index (χ3v) is 13.2. The molecule has 428 valence electrons. The lowest BCUT2D eigenvalue weighted by molar-refractivity contribution is -0.138. The number of nitrogens with one attached hydrogen (secondary N) is 3. The molecular weight excluding hydrogens is 1110 g/mol. The van der Waals surface area contributed by atoms with Gasteiger partial charge in [-0.15, -0.1) is 0 Å². The lowest BCUT2D eigenvalue weighted by atomic mass is 10.2. The lowest BCUT2D eigenvalue weighted by Gasteiger charge is -2.09. The Morgan fingerprint density at radius 2 is 0.873 bits per heavy atom. The number of benzene rings is 2. The fourth-order valence-electron chi connectivity index (χ4n) is 6.13. The van der Waals surface area contributed by atoms with Gasteiger partial charge in [0, 0.05) is 53.0 Å². The Labute approximate surface area is 443 Å². The largest absolute Gasteiger partial charge is 0.475 e. The highest BCUT2D eigenvalue weighted by molar-refractivity contribution is 7.91. The van der Waals surface area contributed by atoms with Crippen LogP contribution in [0, 0.1) is 0 Å². The molecule has 0 bridgehead atoms. The number of hydrogen-bond acceptors (Lipinski definition) is 19. The number of sulfone groups is 2. The number of rotatable bonds is 17. The van der Waals surface area contributed by atoms with Gasteiger partial charge in [-0.05, 0) is 62.4 Å². The maximum absolute atomic E-state index is 12.7. The van der Waals surface area contributed by atoms with E-state index in [1.807, 2.05) is 0 Å². The molecule has 3 amide bonds. The Balaban J connectivity index is 0.000000291. The summed E-state index contributed by atoms with van der Waals surface area (Å²) in [5, 5.41) is 15.7. The highest BCUT2D eigenvalue weighted by atomic mass is 32.2. The van der Waals surface area contributed by atoms with Crippen LogP contribution in [0.1, 0.15) is 67.5 Å².